The molecule has 0 unspecified atom stereocenters. The van der Waals surface area contributed by atoms with Gasteiger partial charge < -0.3 is 14.4 Å². The van der Waals surface area contributed by atoms with Crippen LogP contribution < -0.4 is 4.74 Å². The zero-order chi connectivity index (χ0) is 14.2. The van der Waals surface area contributed by atoms with Crippen molar-refractivity contribution in [3.05, 3.63) is 34.0 Å². The number of nitrogens with zero attached hydrogens (tertiary/aromatic N) is 1. The van der Waals surface area contributed by atoms with Crippen molar-refractivity contribution in [2.75, 3.05) is 7.11 Å². The Morgan fingerprint density at radius 2 is 2.16 bits per heavy atom. The summed E-state index contributed by atoms with van der Waals surface area (Å²) in [6, 6.07) is 1.89. The van der Waals surface area contributed by atoms with E-state index < -0.39 is 28.9 Å². The van der Waals surface area contributed by atoms with Crippen LogP contribution in [0, 0.1) is 11.6 Å². The minimum Gasteiger partial charge on any atom is -0.495 e. The molecule has 2 aromatic rings. The van der Waals surface area contributed by atoms with E-state index >= 15 is 0 Å². The standard InChI is InChI=1S/C11H6BrF2NO4/c1-18-6-2-4(13)8(10(14)9(6)12)5-3-7(11(16)17)19-15-5/h2-3H,1H3,(H,16,17). The van der Waals surface area contributed by atoms with E-state index in [1.54, 1.807) is 0 Å². The molecule has 1 heterocycles. The first-order valence-electron chi connectivity index (χ1n) is 4.87. The average molecular weight is 334 g/mol. The predicted molar refractivity (Wildman–Crippen MR) is 63.1 cm³/mol. The Balaban J connectivity index is 2.61. The molecule has 1 N–H and O–H groups in total. The van der Waals surface area contributed by atoms with Gasteiger partial charge in [-0.15, -0.1) is 0 Å². The van der Waals surface area contributed by atoms with Crippen molar-refractivity contribution in [1.29, 1.82) is 0 Å². The largest absolute Gasteiger partial charge is 0.495 e. The van der Waals surface area contributed by atoms with Crippen molar-refractivity contribution in [1.82, 2.24) is 5.16 Å². The number of carboxylic acid groups (broad SMARTS) is 1. The second-order valence-corrected chi connectivity index (χ2v) is 4.24. The molecule has 0 aliphatic heterocycles. The predicted octanol–water partition coefficient (Wildman–Crippen LogP) is 3.09. The Kier molecular flexibility index (Phi) is 3.52. The van der Waals surface area contributed by atoms with Gasteiger partial charge in [-0.25, -0.2) is 13.6 Å². The quantitative estimate of drug-likeness (QED) is 0.874. The van der Waals surface area contributed by atoms with Crippen LogP contribution in [0.5, 0.6) is 5.75 Å². The molecule has 0 saturated carbocycles. The molecule has 19 heavy (non-hydrogen) atoms. The summed E-state index contributed by atoms with van der Waals surface area (Å²) in [7, 11) is 1.26. The molecule has 1 aromatic carbocycles. The Morgan fingerprint density at radius 1 is 1.47 bits per heavy atom. The first-order valence-corrected chi connectivity index (χ1v) is 5.67. The maximum absolute atomic E-state index is 14.0. The summed E-state index contributed by atoms with van der Waals surface area (Å²) < 4.78 is 37.0. The van der Waals surface area contributed by atoms with Crippen molar-refractivity contribution in [2.45, 2.75) is 0 Å². The summed E-state index contributed by atoms with van der Waals surface area (Å²) in [6.07, 6.45) is 0. The second-order valence-electron chi connectivity index (χ2n) is 3.45. The van der Waals surface area contributed by atoms with E-state index in [1.165, 1.54) is 7.11 Å². The molecule has 0 fully saturated rings. The van der Waals surface area contributed by atoms with E-state index in [2.05, 4.69) is 25.6 Å². The van der Waals surface area contributed by atoms with Crippen LogP contribution in [-0.2, 0) is 0 Å². The molecule has 0 aliphatic rings. The van der Waals surface area contributed by atoms with Crippen LogP contribution >= 0.6 is 15.9 Å². The highest BCUT2D eigenvalue weighted by Gasteiger charge is 2.23. The molecular weight excluding hydrogens is 328 g/mol. The van der Waals surface area contributed by atoms with Crippen LogP contribution in [0.2, 0.25) is 0 Å². The molecule has 2 rings (SSSR count). The molecule has 5 nitrogen and oxygen atoms in total. The van der Waals surface area contributed by atoms with Gasteiger partial charge in [-0.05, 0) is 15.9 Å². The minimum atomic E-state index is -1.38. The molecule has 0 radical (unpaired) electrons. The van der Waals surface area contributed by atoms with Gasteiger partial charge in [-0.2, -0.15) is 0 Å². The van der Waals surface area contributed by atoms with E-state index in [4.69, 9.17) is 9.84 Å². The van der Waals surface area contributed by atoms with Crippen LogP contribution in [0.4, 0.5) is 8.78 Å². The normalized spacial score (nSPS) is 10.5. The van der Waals surface area contributed by atoms with Gasteiger partial charge in [0.05, 0.1) is 17.1 Å². The van der Waals surface area contributed by atoms with E-state index in [1.807, 2.05) is 0 Å². The van der Waals surface area contributed by atoms with Crippen LogP contribution in [0.15, 0.2) is 21.1 Å². The van der Waals surface area contributed by atoms with Gasteiger partial charge in [-0.1, -0.05) is 5.16 Å². The summed E-state index contributed by atoms with van der Waals surface area (Å²) in [4.78, 5) is 10.6. The lowest BCUT2D eigenvalue weighted by Gasteiger charge is -2.08. The number of aromatic nitrogens is 1. The lowest BCUT2D eigenvalue weighted by molar-refractivity contribution is 0.0652. The van der Waals surface area contributed by atoms with E-state index in [-0.39, 0.29) is 15.9 Å². The Morgan fingerprint density at radius 3 is 2.68 bits per heavy atom. The van der Waals surface area contributed by atoms with E-state index in [0.29, 0.717) is 0 Å². The monoisotopic (exact) mass is 333 g/mol. The fraction of sp³-hybridized carbons (Fsp3) is 0.0909. The van der Waals surface area contributed by atoms with Crippen LogP contribution in [-0.4, -0.2) is 23.3 Å². The number of hydrogen-bond acceptors (Lipinski definition) is 4. The van der Waals surface area contributed by atoms with Gasteiger partial charge in [0.25, 0.3) is 0 Å². The Labute approximate surface area is 113 Å². The number of ether oxygens (including phenoxy) is 1. The van der Waals surface area contributed by atoms with Crippen molar-refractivity contribution >= 4 is 21.9 Å². The molecule has 1 aromatic heterocycles. The molecular formula is C11H6BrF2NO4. The summed E-state index contributed by atoms with van der Waals surface area (Å²) in [5.74, 6) is -3.82. The number of methoxy groups -OCH3 is 1. The van der Waals surface area contributed by atoms with Crippen molar-refractivity contribution in [3.63, 3.8) is 0 Å². The third-order valence-corrected chi connectivity index (χ3v) is 3.06. The third-order valence-electron chi connectivity index (χ3n) is 2.32. The Bertz CT molecular complexity index is 656. The van der Waals surface area contributed by atoms with Gasteiger partial charge in [-0.3, -0.25) is 0 Å². The highest BCUT2D eigenvalue weighted by Crippen LogP contribution is 2.36. The maximum Gasteiger partial charge on any atom is 0.374 e. The van der Waals surface area contributed by atoms with Crippen LogP contribution in [0.1, 0.15) is 10.6 Å². The van der Waals surface area contributed by atoms with Crippen molar-refractivity contribution in [2.24, 2.45) is 0 Å². The fourth-order valence-electron chi connectivity index (χ4n) is 1.45. The maximum atomic E-state index is 14.0. The number of carbonyl (C=O) groups is 1. The van der Waals surface area contributed by atoms with Crippen LogP contribution in [0.3, 0.4) is 0 Å². The molecule has 0 atom stereocenters. The highest BCUT2D eigenvalue weighted by atomic mass is 79.9. The SMILES string of the molecule is COc1cc(F)c(-c2cc(C(=O)O)on2)c(F)c1Br. The van der Waals surface area contributed by atoms with Crippen molar-refractivity contribution < 1.29 is 27.9 Å². The molecule has 0 saturated heterocycles. The molecule has 0 bridgehead atoms. The number of rotatable bonds is 3. The summed E-state index contributed by atoms with van der Waals surface area (Å²) in [6.45, 7) is 0. The molecule has 8 heteroatoms. The molecule has 100 valence electrons. The van der Waals surface area contributed by atoms with Gasteiger partial charge in [0, 0.05) is 12.1 Å². The second kappa shape index (κ2) is 4.96. The number of carboxylic acids is 1. The third kappa shape index (κ3) is 2.30. The summed E-state index contributed by atoms with van der Waals surface area (Å²) in [5.41, 5.74) is -0.750. The number of aromatic carboxylic acids is 1. The number of halogens is 3. The molecule has 0 spiro atoms. The minimum absolute atomic E-state index is 0.0271. The van der Waals surface area contributed by atoms with E-state index in [0.717, 1.165) is 12.1 Å². The summed E-state index contributed by atoms with van der Waals surface area (Å²) in [5, 5.41) is 12.0. The van der Waals surface area contributed by atoms with Crippen molar-refractivity contribution in [3.8, 4) is 17.0 Å². The topological polar surface area (TPSA) is 72.6 Å². The summed E-state index contributed by atoms with van der Waals surface area (Å²) >= 11 is 2.92. The number of benzene rings is 1. The van der Waals surface area contributed by atoms with Gasteiger partial charge in [0.1, 0.15) is 17.3 Å². The molecule has 0 amide bonds. The number of hydrogen-bond donors (Lipinski definition) is 1. The fourth-order valence-corrected chi connectivity index (χ4v) is 1.93. The lowest BCUT2D eigenvalue weighted by atomic mass is 10.1. The van der Waals surface area contributed by atoms with Gasteiger partial charge in [0.15, 0.2) is 5.82 Å². The highest BCUT2D eigenvalue weighted by molar-refractivity contribution is 9.10. The Hall–Kier alpha value is -1.96. The van der Waals surface area contributed by atoms with E-state index in [9.17, 15) is 13.6 Å². The molecule has 0 aliphatic carbocycles. The lowest BCUT2D eigenvalue weighted by Crippen LogP contribution is -1.96. The first kappa shape index (κ1) is 13.5. The van der Waals surface area contributed by atoms with Gasteiger partial charge in [0.2, 0.25) is 5.76 Å². The van der Waals surface area contributed by atoms with Gasteiger partial charge >= 0.3 is 5.97 Å². The zero-order valence-electron chi connectivity index (χ0n) is 9.41. The van der Waals surface area contributed by atoms with Crippen LogP contribution in [0.25, 0.3) is 11.3 Å². The smallest absolute Gasteiger partial charge is 0.374 e. The zero-order valence-corrected chi connectivity index (χ0v) is 11.0. The average Bonchev–Trinajstić information content (AvgIpc) is 2.83. The first-order chi connectivity index (χ1) is 8.95.